The molecule has 1 heterocycles. The Kier molecular flexibility index (Phi) is 5.41. The summed E-state index contributed by atoms with van der Waals surface area (Å²) in [6.45, 7) is 7.94. The zero-order chi connectivity index (χ0) is 20.0. The molecule has 0 radical (unpaired) electrons. The molecule has 3 atom stereocenters. The largest absolute Gasteiger partial charge is 0.491 e. The number of hydrogen-bond donors (Lipinski definition) is 1. The summed E-state index contributed by atoms with van der Waals surface area (Å²) < 4.78 is 5.96. The van der Waals surface area contributed by atoms with Crippen LogP contribution in [0.4, 0.5) is 0 Å². The fourth-order valence-corrected chi connectivity index (χ4v) is 7.85. The molecule has 160 valence electrons. The molecular weight excluding hydrogens is 358 g/mol. The lowest BCUT2D eigenvalue weighted by Gasteiger charge is -2.57. The van der Waals surface area contributed by atoms with Gasteiger partial charge in [0.05, 0.1) is 0 Å². The molecule has 4 bridgehead atoms. The second kappa shape index (κ2) is 7.89. The summed E-state index contributed by atoms with van der Waals surface area (Å²) in [5.41, 5.74) is 2.00. The van der Waals surface area contributed by atoms with Gasteiger partial charge >= 0.3 is 0 Å². The van der Waals surface area contributed by atoms with Gasteiger partial charge in [-0.1, -0.05) is 26.0 Å². The summed E-state index contributed by atoms with van der Waals surface area (Å²) in [6, 6.07) is 8.93. The first kappa shape index (κ1) is 19.9. The lowest BCUT2D eigenvalue weighted by molar-refractivity contribution is -0.00523. The molecule has 4 aliphatic carbocycles. The van der Waals surface area contributed by atoms with E-state index in [0.717, 1.165) is 55.0 Å². The lowest BCUT2D eigenvalue weighted by Crippen LogP contribution is -2.48. The standard InChI is InChI=1S/C26H39NO2/c1-18-7-19(2)15-27(14-18)16-24(28)17-29-25-5-3-23(4-6-25)26-11-20-8-21(12-26)10-22(9-20)13-26/h3-6,18-22,24,28H,7-17H2,1-2H3/t18-,19-,20?,21?,22?,24-,26?/m1/s1. The second-order valence-corrected chi connectivity index (χ2v) is 11.4. The zero-order valence-corrected chi connectivity index (χ0v) is 18.4. The molecule has 1 N–H and O–H groups in total. The van der Waals surface area contributed by atoms with Crippen molar-refractivity contribution in [2.75, 3.05) is 26.2 Å². The molecule has 5 aliphatic rings. The number of likely N-dealkylation sites (tertiary alicyclic amines) is 1. The third-order valence-corrected chi connectivity index (χ3v) is 8.36. The van der Waals surface area contributed by atoms with E-state index in [1.165, 1.54) is 44.9 Å². The minimum atomic E-state index is -0.421. The normalized spacial score (nSPS) is 40.2. The second-order valence-electron chi connectivity index (χ2n) is 11.4. The van der Waals surface area contributed by atoms with E-state index in [4.69, 9.17) is 4.74 Å². The fraction of sp³-hybridized carbons (Fsp3) is 0.769. The van der Waals surface area contributed by atoms with Crippen LogP contribution in [0.25, 0.3) is 0 Å². The minimum Gasteiger partial charge on any atom is -0.491 e. The van der Waals surface area contributed by atoms with Crippen LogP contribution < -0.4 is 4.74 Å². The third-order valence-electron chi connectivity index (χ3n) is 8.36. The van der Waals surface area contributed by atoms with Crippen LogP contribution in [-0.2, 0) is 5.41 Å². The molecule has 1 aliphatic heterocycles. The van der Waals surface area contributed by atoms with Crippen LogP contribution in [0.5, 0.6) is 5.75 Å². The van der Waals surface area contributed by atoms with E-state index >= 15 is 0 Å². The quantitative estimate of drug-likeness (QED) is 0.743. The fourth-order valence-electron chi connectivity index (χ4n) is 7.85. The number of rotatable bonds is 6. The Morgan fingerprint density at radius 3 is 2.03 bits per heavy atom. The van der Waals surface area contributed by atoms with Crippen LogP contribution >= 0.6 is 0 Å². The van der Waals surface area contributed by atoms with E-state index in [2.05, 4.69) is 43.0 Å². The monoisotopic (exact) mass is 397 g/mol. The molecule has 1 saturated heterocycles. The first-order chi connectivity index (χ1) is 14.0. The number of aliphatic hydroxyl groups excluding tert-OH is 1. The molecule has 3 nitrogen and oxygen atoms in total. The van der Waals surface area contributed by atoms with Gasteiger partial charge in [0.2, 0.25) is 0 Å². The summed E-state index contributed by atoms with van der Waals surface area (Å²) in [5.74, 6) is 5.29. The highest BCUT2D eigenvalue weighted by atomic mass is 16.5. The molecule has 3 heteroatoms. The van der Waals surface area contributed by atoms with Gasteiger partial charge in [-0.3, -0.25) is 0 Å². The predicted octanol–water partition coefficient (Wildman–Crippen LogP) is 4.87. The SMILES string of the molecule is C[C@@H]1C[C@@H](C)CN(C[C@@H](O)COc2ccc(C34CC5CC(CC(C5)C3)C4)cc2)C1. The van der Waals surface area contributed by atoms with Crippen LogP contribution in [0, 0.1) is 29.6 Å². The number of hydrogen-bond acceptors (Lipinski definition) is 3. The predicted molar refractivity (Wildman–Crippen MR) is 117 cm³/mol. The van der Waals surface area contributed by atoms with Crippen LogP contribution in [-0.4, -0.2) is 42.4 Å². The Hall–Kier alpha value is -1.06. The summed E-state index contributed by atoms with van der Waals surface area (Å²) in [4.78, 5) is 2.41. The van der Waals surface area contributed by atoms with Crippen LogP contribution in [0.2, 0.25) is 0 Å². The van der Waals surface area contributed by atoms with Gasteiger partial charge in [-0.15, -0.1) is 0 Å². The van der Waals surface area contributed by atoms with E-state index in [9.17, 15) is 5.11 Å². The number of piperidine rings is 1. The van der Waals surface area contributed by atoms with Crippen LogP contribution in [0.1, 0.15) is 64.4 Å². The van der Waals surface area contributed by atoms with Crippen molar-refractivity contribution >= 4 is 0 Å². The van der Waals surface area contributed by atoms with Gasteiger partial charge in [0.1, 0.15) is 18.5 Å². The molecule has 1 aromatic carbocycles. The van der Waals surface area contributed by atoms with Gasteiger partial charge in [-0.2, -0.15) is 0 Å². The highest BCUT2D eigenvalue weighted by molar-refractivity contribution is 5.34. The molecule has 6 rings (SSSR count). The molecule has 5 fully saturated rings. The molecule has 29 heavy (non-hydrogen) atoms. The van der Waals surface area contributed by atoms with E-state index in [0.29, 0.717) is 12.0 Å². The van der Waals surface area contributed by atoms with Gasteiger partial charge in [-0.05, 0) is 97.6 Å². The maximum atomic E-state index is 10.5. The topological polar surface area (TPSA) is 32.7 Å². The molecular formula is C26H39NO2. The number of nitrogens with zero attached hydrogens (tertiary/aromatic N) is 1. The number of benzene rings is 1. The minimum absolute atomic E-state index is 0.385. The van der Waals surface area contributed by atoms with Crippen molar-refractivity contribution in [1.82, 2.24) is 4.90 Å². The van der Waals surface area contributed by atoms with Crippen molar-refractivity contribution in [2.24, 2.45) is 29.6 Å². The summed E-state index contributed by atoms with van der Waals surface area (Å²) >= 11 is 0. The average Bonchev–Trinajstić information content (AvgIpc) is 2.65. The molecule has 0 amide bonds. The van der Waals surface area contributed by atoms with Gasteiger partial charge in [0.15, 0.2) is 0 Å². The van der Waals surface area contributed by atoms with Crippen molar-refractivity contribution in [3.8, 4) is 5.75 Å². The Labute approximate surface area is 176 Å². The number of ether oxygens (including phenoxy) is 1. The average molecular weight is 398 g/mol. The lowest BCUT2D eigenvalue weighted by atomic mass is 9.48. The Balaban J connectivity index is 1.15. The number of aliphatic hydroxyl groups is 1. The highest BCUT2D eigenvalue weighted by Gasteiger charge is 2.51. The van der Waals surface area contributed by atoms with E-state index in [1.54, 1.807) is 5.56 Å². The summed E-state index contributed by atoms with van der Waals surface area (Å²) in [5, 5.41) is 10.5. The summed E-state index contributed by atoms with van der Waals surface area (Å²) in [7, 11) is 0. The first-order valence-corrected chi connectivity index (χ1v) is 12.1. The van der Waals surface area contributed by atoms with E-state index < -0.39 is 6.10 Å². The first-order valence-electron chi connectivity index (χ1n) is 12.1. The number of β-amino-alcohol motifs (C(OH)–C–C–N with tert-alkyl or cyclic N) is 1. The Morgan fingerprint density at radius 1 is 0.931 bits per heavy atom. The maximum absolute atomic E-state index is 10.5. The smallest absolute Gasteiger partial charge is 0.119 e. The molecule has 4 saturated carbocycles. The Morgan fingerprint density at radius 2 is 1.48 bits per heavy atom. The van der Waals surface area contributed by atoms with Gasteiger partial charge in [0.25, 0.3) is 0 Å². The molecule has 0 unspecified atom stereocenters. The molecule has 0 aromatic heterocycles. The van der Waals surface area contributed by atoms with Crippen molar-refractivity contribution in [3.05, 3.63) is 29.8 Å². The molecule has 1 aromatic rings. The summed E-state index contributed by atoms with van der Waals surface area (Å²) in [6.07, 6.45) is 9.58. The van der Waals surface area contributed by atoms with Crippen LogP contribution in [0.3, 0.4) is 0 Å². The van der Waals surface area contributed by atoms with Crippen molar-refractivity contribution in [3.63, 3.8) is 0 Å². The van der Waals surface area contributed by atoms with Gasteiger partial charge in [-0.25, -0.2) is 0 Å². The highest BCUT2D eigenvalue weighted by Crippen LogP contribution is 2.60. The van der Waals surface area contributed by atoms with Gasteiger partial charge < -0.3 is 14.7 Å². The van der Waals surface area contributed by atoms with Crippen molar-refractivity contribution < 1.29 is 9.84 Å². The zero-order valence-electron chi connectivity index (χ0n) is 18.4. The Bertz CT molecular complexity index is 654. The molecule has 0 spiro atoms. The van der Waals surface area contributed by atoms with E-state index in [1.807, 2.05) is 0 Å². The van der Waals surface area contributed by atoms with E-state index in [-0.39, 0.29) is 0 Å². The maximum Gasteiger partial charge on any atom is 0.119 e. The van der Waals surface area contributed by atoms with Crippen molar-refractivity contribution in [1.29, 1.82) is 0 Å². The third kappa shape index (κ3) is 4.23. The van der Waals surface area contributed by atoms with Crippen molar-refractivity contribution in [2.45, 2.75) is 70.3 Å². The van der Waals surface area contributed by atoms with Crippen LogP contribution in [0.15, 0.2) is 24.3 Å². The van der Waals surface area contributed by atoms with Gasteiger partial charge in [0, 0.05) is 19.6 Å².